The average Bonchev–Trinajstić information content (AvgIpc) is 3.23. The van der Waals surface area contributed by atoms with Crippen LogP contribution in [0.25, 0.3) is 10.8 Å². The van der Waals surface area contributed by atoms with Crippen LogP contribution in [0.4, 0.5) is 11.4 Å². The third-order valence-corrected chi connectivity index (χ3v) is 7.54. The van der Waals surface area contributed by atoms with E-state index in [9.17, 15) is 13.2 Å². The summed E-state index contributed by atoms with van der Waals surface area (Å²) in [7, 11) is -3.53. The third-order valence-electron chi connectivity index (χ3n) is 6.16. The minimum absolute atomic E-state index is 0.135. The molecule has 34 heavy (non-hydrogen) atoms. The van der Waals surface area contributed by atoms with Crippen LogP contribution < -0.4 is 9.62 Å². The molecule has 1 aliphatic rings. The van der Waals surface area contributed by atoms with Crippen LogP contribution in [0, 0.1) is 0 Å². The molecule has 0 fully saturated rings. The standard InChI is InChI=1S/C27H23ClN2O3S/c1-34(32,33)30(23-6-3-5-22(28)16-23)17-18-8-10-21(11-9-18)27(31)29-25-15-14-20-13-12-19-4-2-7-24(25)26(19)20/h2-11,14-16H,12-13,17H2,1H3,(H,29,31). The summed E-state index contributed by atoms with van der Waals surface area (Å²) in [6, 6.07) is 24.0. The van der Waals surface area contributed by atoms with Crippen molar-refractivity contribution >= 4 is 49.7 Å². The number of hydrogen-bond acceptors (Lipinski definition) is 3. The van der Waals surface area contributed by atoms with Gasteiger partial charge < -0.3 is 5.32 Å². The monoisotopic (exact) mass is 490 g/mol. The predicted octanol–water partition coefficient (Wildman–Crippen LogP) is 5.81. The van der Waals surface area contributed by atoms with Gasteiger partial charge in [0, 0.05) is 21.7 Å². The number of carbonyl (C=O) groups is 1. The van der Waals surface area contributed by atoms with Gasteiger partial charge in [-0.25, -0.2) is 8.42 Å². The van der Waals surface area contributed by atoms with Gasteiger partial charge in [0.05, 0.1) is 18.5 Å². The summed E-state index contributed by atoms with van der Waals surface area (Å²) in [5.74, 6) is -0.208. The van der Waals surface area contributed by atoms with Crippen molar-refractivity contribution in [3.8, 4) is 0 Å². The number of hydrogen-bond donors (Lipinski definition) is 1. The van der Waals surface area contributed by atoms with Gasteiger partial charge in [0.25, 0.3) is 5.91 Å². The van der Waals surface area contributed by atoms with Crippen molar-refractivity contribution in [3.05, 3.63) is 106 Å². The number of amides is 1. The Bertz CT molecular complexity index is 1500. The largest absolute Gasteiger partial charge is 0.321 e. The molecule has 0 aliphatic heterocycles. The predicted molar refractivity (Wildman–Crippen MR) is 138 cm³/mol. The minimum Gasteiger partial charge on any atom is -0.321 e. The lowest BCUT2D eigenvalue weighted by molar-refractivity contribution is 0.102. The van der Waals surface area contributed by atoms with E-state index in [0.717, 1.165) is 35.7 Å². The fourth-order valence-electron chi connectivity index (χ4n) is 4.51. The van der Waals surface area contributed by atoms with E-state index in [4.69, 9.17) is 11.6 Å². The first kappa shape index (κ1) is 22.4. The molecule has 172 valence electrons. The van der Waals surface area contributed by atoms with E-state index in [1.54, 1.807) is 48.5 Å². The maximum atomic E-state index is 13.0. The molecule has 0 radical (unpaired) electrons. The molecular formula is C27H23ClN2O3S. The van der Waals surface area contributed by atoms with Crippen molar-refractivity contribution in [2.75, 3.05) is 15.9 Å². The summed E-state index contributed by atoms with van der Waals surface area (Å²) in [6.45, 7) is 0.135. The van der Waals surface area contributed by atoms with Crippen LogP contribution in [0.3, 0.4) is 0 Å². The smallest absolute Gasteiger partial charge is 0.255 e. The van der Waals surface area contributed by atoms with Crippen molar-refractivity contribution in [2.45, 2.75) is 19.4 Å². The molecule has 4 aromatic rings. The van der Waals surface area contributed by atoms with E-state index in [0.29, 0.717) is 16.3 Å². The Morgan fingerprint density at radius 3 is 2.35 bits per heavy atom. The van der Waals surface area contributed by atoms with Gasteiger partial charge in [-0.2, -0.15) is 0 Å². The number of nitrogens with one attached hydrogen (secondary N) is 1. The number of nitrogens with zero attached hydrogens (tertiary/aromatic N) is 1. The number of rotatable bonds is 6. The maximum Gasteiger partial charge on any atom is 0.255 e. The van der Waals surface area contributed by atoms with E-state index >= 15 is 0 Å². The van der Waals surface area contributed by atoms with Gasteiger partial charge in [0.15, 0.2) is 0 Å². The van der Waals surface area contributed by atoms with Crippen LogP contribution in [0.15, 0.2) is 78.9 Å². The molecule has 1 amide bonds. The van der Waals surface area contributed by atoms with Gasteiger partial charge in [-0.1, -0.05) is 54.1 Å². The summed E-state index contributed by atoms with van der Waals surface area (Å²) in [4.78, 5) is 13.0. The molecule has 0 spiro atoms. The van der Waals surface area contributed by atoms with Gasteiger partial charge in [0.1, 0.15) is 0 Å². The second-order valence-corrected chi connectivity index (χ2v) is 10.9. The van der Waals surface area contributed by atoms with Gasteiger partial charge in [-0.15, -0.1) is 0 Å². The lowest BCUT2D eigenvalue weighted by atomic mass is 10.0. The highest BCUT2D eigenvalue weighted by molar-refractivity contribution is 7.92. The summed E-state index contributed by atoms with van der Waals surface area (Å²) < 4.78 is 26.1. The zero-order valence-corrected chi connectivity index (χ0v) is 20.2. The molecule has 0 aromatic heterocycles. The van der Waals surface area contributed by atoms with E-state index in [1.165, 1.54) is 20.8 Å². The molecule has 0 bridgehead atoms. The number of carbonyl (C=O) groups excluding carboxylic acids is 1. The first-order chi connectivity index (χ1) is 16.3. The Morgan fingerprint density at radius 2 is 1.65 bits per heavy atom. The minimum atomic E-state index is -3.53. The first-order valence-electron chi connectivity index (χ1n) is 11.0. The van der Waals surface area contributed by atoms with Gasteiger partial charge >= 0.3 is 0 Å². The van der Waals surface area contributed by atoms with E-state index in [-0.39, 0.29) is 12.5 Å². The molecule has 0 heterocycles. The molecule has 5 rings (SSSR count). The summed E-state index contributed by atoms with van der Waals surface area (Å²) in [6.07, 6.45) is 3.23. The van der Waals surface area contributed by atoms with E-state index in [2.05, 4.69) is 17.4 Å². The SMILES string of the molecule is CS(=O)(=O)N(Cc1ccc(C(=O)Nc2ccc3c4c(cccc24)CC3)cc1)c1cccc(Cl)c1. The van der Waals surface area contributed by atoms with Crippen molar-refractivity contribution in [3.63, 3.8) is 0 Å². The highest BCUT2D eigenvalue weighted by atomic mass is 35.5. The highest BCUT2D eigenvalue weighted by Crippen LogP contribution is 2.35. The van der Waals surface area contributed by atoms with E-state index < -0.39 is 10.0 Å². The van der Waals surface area contributed by atoms with Crippen molar-refractivity contribution in [2.24, 2.45) is 0 Å². The Morgan fingerprint density at radius 1 is 0.941 bits per heavy atom. The molecule has 1 N–H and O–H groups in total. The van der Waals surface area contributed by atoms with Crippen molar-refractivity contribution in [1.29, 1.82) is 0 Å². The molecule has 0 unspecified atom stereocenters. The van der Waals surface area contributed by atoms with Crippen LogP contribution in [0.2, 0.25) is 5.02 Å². The van der Waals surface area contributed by atoms with Crippen molar-refractivity contribution in [1.82, 2.24) is 0 Å². The average molecular weight is 491 g/mol. The fraction of sp³-hybridized carbons (Fsp3) is 0.148. The highest BCUT2D eigenvalue weighted by Gasteiger charge is 2.19. The van der Waals surface area contributed by atoms with Crippen LogP contribution in [-0.4, -0.2) is 20.6 Å². The number of anilines is 2. The van der Waals surface area contributed by atoms with Gasteiger partial charge in [-0.3, -0.25) is 9.10 Å². The van der Waals surface area contributed by atoms with Crippen LogP contribution in [0.1, 0.15) is 27.0 Å². The zero-order valence-electron chi connectivity index (χ0n) is 18.6. The van der Waals surface area contributed by atoms with Gasteiger partial charge in [-0.05, 0) is 71.3 Å². The van der Waals surface area contributed by atoms with E-state index in [1.807, 2.05) is 18.2 Å². The van der Waals surface area contributed by atoms with Gasteiger partial charge in [0.2, 0.25) is 10.0 Å². The number of halogens is 1. The summed E-state index contributed by atoms with van der Waals surface area (Å²) >= 11 is 6.06. The molecule has 4 aromatic carbocycles. The lowest BCUT2D eigenvalue weighted by Crippen LogP contribution is -2.29. The topological polar surface area (TPSA) is 66.5 Å². The second-order valence-electron chi connectivity index (χ2n) is 8.51. The third kappa shape index (κ3) is 4.39. The summed E-state index contributed by atoms with van der Waals surface area (Å²) in [5.41, 5.74) is 5.18. The molecule has 0 atom stereocenters. The molecule has 1 aliphatic carbocycles. The molecule has 0 saturated carbocycles. The second kappa shape index (κ2) is 8.78. The zero-order chi connectivity index (χ0) is 23.9. The molecule has 7 heteroatoms. The maximum absolute atomic E-state index is 13.0. The van der Waals surface area contributed by atoms with Crippen LogP contribution in [-0.2, 0) is 29.4 Å². The van der Waals surface area contributed by atoms with Crippen LogP contribution in [0.5, 0.6) is 0 Å². The Hall–Kier alpha value is -3.35. The lowest BCUT2D eigenvalue weighted by Gasteiger charge is -2.22. The Kier molecular flexibility index (Phi) is 5.80. The Labute approximate surface area is 204 Å². The van der Waals surface area contributed by atoms with Crippen LogP contribution >= 0.6 is 11.6 Å². The quantitative estimate of drug-likeness (QED) is 0.371. The number of benzene rings is 4. The number of sulfonamides is 1. The normalized spacial score (nSPS) is 12.6. The molecule has 5 nitrogen and oxygen atoms in total. The number of aryl methyl sites for hydroxylation is 2. The Balaban J connectivity index is 1.36. The molecular weight excluding hydrogens is 468 g/mol. The van der Waals surface area contributed by atoms with Crippen molar-refractivity contribution < 1.29 is 13.2 Å². The fourth-order valence-corrected chi connectivity index (χ4v) is 5.57. The first-order valence-corrected chi connectivity index (χ1v) is 13.2. The summed E-state index contributed by atoms with van der Waals surface area (Å²) in [5, 5.41) is 5.81. The molecule has 0 saturated heterocycles.